The number of hydrogen-bond donors (Lipinski definition) is 3. The summed E-state index contributed by atoms with van der Waals surface area (Å²) >= 11 is 0. The van der Waals surface area contributed by atoms with Crippen LogP contribution in [0.3, 0.4) is 0 Å². The molecule has 0 aromatic carbocycles. The topological polar surface area (TPSA) is 166 Å². The van der Waals surface area contributed by atoms with Gasteiger partial charge in [0.1, 0.15) is 6.61 Å². The maximum atomic E-state index is 13.6. The predicted octanol–water partition coefficient (Wildman–Crippen LogP) is 6.42. The van der Waals surface area contributed by atoms with E-state index in [4.69, 9.17) is 34.0 Å². The second-order valence-electron chi connectivity index (χ2n) is 14.3. The van der Waals surface area contributed by atoms with Gasteiger partial charge in [-0.15, -0.1) is 0 Å². The van der Waals surface area contributed by atoms with Crippen LogP contribution in [0, 0.1) is 13.8 Å². The molecule has 3 aromatic rings. The van der Waals surface area contributed by atoms with E-state index in [1.165, 1.54) is 0 Å². The van der Waals surface area contributed by atoms with Gasteiger partial charge >= 0.3 is 5.97 Å². The molecule has 0 spiro atoms. The SMILES string of the molecule is CC[C@H]1c2cc3[nH]c4c(c5nc(cc6[nH]c(cc(n2)[C@@H]1C)c(C(C)=O)c6C)[C@@H](C)[C@@H]5CCC(=O)OCCOCCOCCOCCO)CC(=O)c4c3C. The first-order valence-corrected chi connectivity index (χ1v) is 18.8. The molecular formula is C41H52N4O8. The average Bonchev–Trinajstić information content (AvgIpc) is 3.88. The lowest BCUT2D eigenvalue weighted by molar-refractivity contribution is -0.145. The molecule has 12 heteroatoms. The van der Waals surface area contributed by atoms with Gasteiger partial charge in [-0.05, 0) is 62.9 Å². The number of aliphatic hydroxyl groups is 1. The number of aromatic amines is 2. The summed E-state index contributed by atoms with van der Waals surface area (Å²) in [4.78, 5) is 57.1. The summed E-state index contributed by atoms with van der Waals surface area (Å²) in [6.07, 6.45) is 1.80. The fraction of sp³-hybridized carbons (Fsp3) is 0.537. The van der Waals surface area contributed by atoms with Gasteiger partial charge < -0.3 is 34.0 Å². The number of esters is 1. The van der Waals surface area contributed by atoms with Crippen LogP contribution >= 0.6 is 0 Å². The van der Waals surface area contributed by atoms with E-state index in [9.17, 15) is 14.4 Å². The largest absolute Gasteiger partial charge is 0.463 e. The summed E-state index contributed by atoms with van der Waals surface area (Å²) in [5.41, 5.74) is 10.7. The lowest BCUT2D eigenvalue weighted by Crippen LogP contribution is -2.15. The molecule has 8 bridgehead atoms. The molecule has 2 aliphatic heterocycles. The van der Waals surface area contributed by atoms with Crippen LogP contribution in [-0.2, 0) is 30.2 Å². The monoisotopic (exact) mass is 728 g/mol. The Kier molecular flexibility index (Phi) is 12.2. The minimum Gasteiger partial charge on any atom is -0.463 e. The van der Waals surface area contributed by atoms with Crippen LogP contribution in [0.1, 0.15) is 131 Å². The van der Waals surface area contributed by atoms with Crippen molar-refractivity contribution in [2.24, 2.45) is 0 Å². The smallest absolute Gasteiger partial charge is 0.305 e. The Morgan fingerprint density at radius 1 is 0.811 bits per heavy atom. The highest BCUT2D eigenvalue weighted by atomic mass is 16.6. The molecule has 3 N–H and O–H groups in total. The molecule has 284 valence electrons. The molecule has 5 heterocycles. The van der Waals surface area contributed by atoms with Crippen molar-refractivity contribution in [1.82, 2.24) is 19.9 Å². The van der Waals surface area contributed by atoms with Crippen LogP contribution in [0.5, 0.6) is 0 Å². The zero-order chi connectivity index (χ0) is 37.8. The number of H-pyrrole nitrogens is 2. The summed E-state index contributed by atoms with van der Waals surface area (Å²) in [7, 11) is 0. The molecule has 0 fully saturated rings. The van der Waals surface area contributed by atoms with E-state index in [1.807, 2.05) is 26.0 Å². The van der Waals surface area contributed by atoms with Crippen LogP contribution in [0.4, 0.5) is 0 Å². The van der Waals surface area contributed by atoms with Crippen molar-refractivity contribution in [3.8, 4) is 0 Å². The van der Waals surface area contributed by atoms with E-state index in [0.717, 1.165) is 68.0 Å². The number of nitrogens with one attached hydrogen (secondary N) is 2. The molecule has 0 unspecified atom stereocenters. The Bertz CT molecular complexity index is 2030. The van der Waals surface area contributed by atoms with E-state index in [2.05, 4.69) is 36.8 Å². The van der Waals surface area contributed by atoms with Gasteiger partial charge in [0.2, 0.25) is 0 Å². The Hall–Kier alpha value is -4.23. The number of aliphatic hydroxyl groups excluding tert-OH is 1. The molecule has 0 radical (unpaired) electrons. The Morgan fingerprint density at radius 3 is 2.09 bits per heavy atom. The number of aryl methyl sites for hydroxylation is 2. The second kappa shape index (κ2) is 16.8. The minimum absolute atomic E-state index is 0.0180. The van der Waals surface area contributed by atoms with Crippen LogP contribution in [-0.4, -0.2) is 95.4 Å². The first kappa shape index (κ1) is 38.5. The molecule has 3 aromatic heterocycles. The standard InChI is InChI=1S/C41H52N4O8/c1-7-27-22(2)30-21-35-38(26(6)47)24(4)32(43-35)19-31-23(3)28(8-9-37(49)53-17-16-52-15-14-51-13-12-50-11-10-46)40(44-31)29-18-36(48)39-25(5)33(45-41(29)39)20-34(27)42-30/h19-23,27-28,43,45-46H,7-18H2,1-6H3/t22-,23+,27-,28+/m1/s1. The van der Waals surface area contributed by atoms with Gasteiger partial charge in [0, 0.05) is 81.3 Å². The highest BCUT2D eigenvalue weighted by Gasteiger charge is 2.36. The number of fused-ring (bicyclic) bond motifs is 8. The number of aromatic nitrogens is 4. The number of nitrogens with zero attached hydrogens (tertiary/aromatic N) is 2. The first-order valence-electron chi connectivity index (χ1n) is 18.8. The van der Waals surface area contributed by atoms with Crippen LogP contribution in [0.25, 0.3) is 22.1 Å². The van der Waals surface area contributed by atoms with E-state index in [1.54, 1.807) is 6.92 Å². The van der Waals surface area contributed by atoms with E-state index >= 15 is 0 Å². The fourth-order valence-electron chi connectivity index (χ4n) is 8.11. The number of carbonyl (C=O) groups excluding carboxylic acids is 3. The summed E-state index contributed by atoms with van der Waals surface area (Å²) in [5.74, 6) is -0.173. The van der Waals surface area contributed by atoms with Crippen molar-refractivity contribution in [3.63, 3.8) is 0 Å². The Morgan fingerprint density at radius 2 is 1.42 bits per heavy atom. The molecule has 0 saturated heterocycles. The Labute approximate surface area is 310 Å². The predicted molar refractivity (Wildman–Crippen MR) is 201 cm³/mol. The molecule has 4 atom stereocenters. The van der Waals surface area contributed by atoms with Gasteiger partial charge in [-0.25, -0.2) is 0 Å². The molecule has 0 amide bonds. The van der Waals surface area contributed by atoms with Crippen molar-refractivity contribution in [2.75, 3.05) is 52.9 Å². The zero-order valence-corrected chi connectivity index (χ0v) is 31.7. The summed E-state index contributed by atoms with van der Waals surface area (Å²) in [6, 6.07) is 6.11. The van der Waals surface area contributed by atoms with Crippen LogP contribution in [0.15, 0.2) is 18.2 Å². The van der Waals surface area contributed by atoms with E-state index in [-0.39, 0.29) is 80.5 Å². The minimum atomic E-state index is -0.325. The van der Waals surface area contributed by atoms with Gasteiger partial charge in [0.05, 0.1) is 63.0 Å². The average molecular weight is 729 g/mol. The second-order valence-corrected chi connectivity index (χ2v) is 14.3. The van der Waals surface area contributed by atoms with Crippen molar-refractivity contribution in [3.05, 3.63) is 68.8 Å². The number of rotatable bonds is 16. The van der Waals surface area contributed by atoms with E-state index < -0.39 is 0 Å². The first-order chi connectivity index (χ1) is 25.5. The third-order valence-corrected chi connectivity index (χ3v) is 11.0. The molecular weight excluding hydrogens is 676 g/mol. The van der Waals surface area contributed by atoms with Crippen LogP contribution in [0.2, 0.25) is 0 Å². The molecule has 53 heavy (non-hydrogen) atoms. The molecule has 1 aliphatic carbocycles. The third-order valence-electron chi connectivity index (χ3n) is 11.0. The lowest BCUT2D eigenvalue weighted by Gasteiger charge is -2.17. The summed E-state index contributed by atoms with van der Waals surface area (Å²) in [5, 5.41) is 8.73. The van der Waals surface area contributed by atoms with Crippen molar-refractivity contribution >= 4 is 39.6 Å². The quantitative estimate of drug-likeness (QED) is 0.0851. The van der Waals surface area contributed by atoms with Gasteiger partial charge in [0.15, 0.2) is 11.6 Å². The number of carbonyl (C=O) groups is 3. The summed E-state index contributed by atoms with van der Waals surface area (Å²) in [6.45, 7) is 14.2. The molecule has 0 saturated carbocycles. The highest BCUT2D eigenvalue weighted by Crippen LogP contribution is 2.45. The van der Waals surface area contributed by atoms with Crippen molar-refractivity contribution in [2.45, 2.75) is 90.9 Å². The number of ether oxygens (including phenoxy) is 4. The van der Waals surface area contributed by atoms with Gasteiger partial charge in [-0.2, -0.15) is 0 Å². The maximum Gasteiger partial charge on any atom is 0.305 e. The number of ketones is 2. The zero-order valence-electron chi connectivity index (χ0n) is 31.7. The Balaban J connectivity index is 1.31. The van der Waals surface area contributed by atoms with Crippen molar-refractivity contribution < 1.29 is 38.4 Å². The van der Waals surface area contributed by atoms with Gasteiger partial charge in [-0.3, -0.25) is 24.4 Å². The lowest BCUT2D eigenvalue weighted by atomic mass is 9.85. The number of Topliss-reactive ketones (excluding diaryl/α,β-unsaturated/α-hetero) is 2. The molecule has 3 aliphatic rings. The van der Waals surface area contributed by atoms with Gasteiger partial charge in [-0.1, -0.05) is 20.8 Å². The fourth-order valence-corrected chi connectivity index (χ4v) is 8.11. The molecule has 12 nitrogen and oxygen atoms in total. The highest BCUT2D eigenvalue weighted by molar-refractivity contribution is 6.13. The third kappa shape index (κ3) is 8.01. The van der Waals surface area contributed by atoms with Crippen LogP contribution < -0.4 is 0 Å². The normalized spacial score (nSPS) is 19.3. The van der Waals surface area contributed by atoms with E-state index in [0.29, 0.717) is 44.0 Å². The molecule has 6 rings (SSSR count). The van der Waals surface area contributed by atoms with Crippen molar-refractivity contribution in [1.29, 1.82) is 0 Å². The summed E-state index contributed by atoms with van der Waals surface area (Å²) < 4.78 is 21.6. The van der Waals surface area contributed by atoms with Gasteiger partial charge in [0.25, 0.3) is 0 Å². The maximum absolute atomic E-state index is 13.6. The number of hydrogen-bond acceptors (Lipinski definition) is 10.